The van der Waals surface area contributed by atoms with Gasteiger partial charge in [0.05, 0.1) is 18.2 Å². The molecule has 1 N–H and O–H groups in total. The fourth-order valence-electron chi connectivity index (χ4n) is 4.79. The molecule has 4 heteroatoms. The summed E-state index contributed by atoms with van der Waals surface area (Å²) in [7, 11) is 1.65. The largest absolute Gasteiger partial charge is 0.481 e. The first-order chi connectivity index (χ1) is 16.0. The minimum atomic E-state index is -0.958. The first-order valence-corrected chi connectivity index (χ1v) is 12.3. The predicted molar refractivity (Wildman–Crippen MR) is 139 cm³/mol. The van der Waals surface area contributed by atoms with Gasteiger partial charge in [-0.15, -0.1) is 0 Å². The van der Waals surface area contributed by atoms with Crippen LogP contribution >= 0.6 is 15.9 Å². The Morgan fingerprint density at radius 3 is 2.30 bits per heavy atom. The van der Waals surface area contributed by atoms with Crippen LogP contribution in [0.25, 0.3) is 10.9 Å². The summed E-state index contributed by atoms with van der Waals surface area (Å²) in [6.45, 7) is 2.13. The average Bonchev–Trinajstić information content (AvgIpc) is 2.84. The Bertz CT molecular complexity index is 1200. The lowest BCUT2D eigenvalue weighted by molar-refractivity contribution is 0.00547. The van der Waals surface area contributed by atoms with E-state index in [0.717, 1.165) is 39.3 Å². The number of fused-ring (bicyclic) bond motifs is 1. The number of aryl methyl sites for hydroxylation is 1. The van der Waals surface area contributed by atoms with Crippen LogP contribution in [0.1, 0.15) is 48.8 Å². The highest BCUT2D eigenvalue weighted by Crippen LogP contribution is 2.44. The van der Waals surface area contributed by atoms with E-state index in [0.29, 0.717) is 18.7 Å². The number of halogens is 1. The van der Waals surface area contributed by atoms with Crippen LogP contribution < -0.4 is 4.74 Å². The van der Waals surface area contributed by atoms with Crippen molar-refractivity contribution in [3.63, 3.8) is 0 Å². The zero-order chi connectivity index (χ0) is 23.3. The second-order valence-electron chi connectivity index (χ2n) is 8.61. The monoisotopic (exact) mass is 503 g/mol. The molecule has 170 valence electrons. The van der Waals surface area contributed by atoms with E-state index in [2.05, 4.69) is 71.4 Å². The van der Waals surface area contributed by atoms with Gasteiger partial charge in [-0.1, -0.05) is 89.9 Å². The summed E-state index contributed by atoms with van der Waals surface area (Å²) in [5, 5.41) is 13.3. The van der Waals surface area contributed by atoms with E-state index in [9.17, 15) is 5.11 Å². The van der Waals surface area contributed by atoms with Gasteiger partial charge in [0.15, 0.2) is 0 Å². The highest BCUT2D eigenvalue weighted by atomic mass is 79.9. The van der Waals surface area contributed by atoms with E-state index in [4.69, 9.17) is 9.72 Å². The number of rotatable bonds is 9. The average molecular weight is 504 g/mol. The van der Waals surface area contributed by atoms with Gasteiger partial charge in [0.25, 0.3) is 0 Å². The van der Waals surface area contributed by atoms with Crippen LogP contribution in [0.2, 0.25) is 0 Å². The lowest BCUT2D eigenvalue weighted by Crippen LogP contribution is -2.38. The number of hydrogen-bond acceptors (Lipinski definition) is 3. The van der Waals surface area contributed by atoms with Crippen LogP contribution in [0.15, 0.2) is 89.4 Å². The quantitative estimate of drug-likeness (QED) is 0.260. The van der Waals surface area contributed by atoms with Crippen molar-refractivity contribution in [3.8, 4) is 5.88 Å². The SMILES string of the molecule is CCCC(O)(CCc1ccccc1)C(c1ccccc1)c1cc2cc(Br)ccc2nc1OC. The Morgan fingerprint density at radius 1 is 0.939 bits per heavy atom. The van der Waals surface area contributed by atoms with Gasteiger partial charge in [-0.25, -0.2) is 4.98 Å². The fourth-order valence-corrected chi connectivity index (χ4v) is 5.17. The summed E-state index contributed by atoms with van der Waals surface area (Å²) in [5.41, 5.74) is 3.12. The van der Waals surface area contributed by atoms with E-state index >= 15 is 0 Å². The van der Waals surface area contributed by atoms with E-state index in [1.54, 1.807) is 7.11 Å². The van der Waals surface area contributed by atoms with Gasteiger partial charge >= 0.3 is 0 Å². The summed E-state index contributed by atoms with van der Waals surface area (Å²) < 4.78 is 6.79. The Kier molecular flexibility index (Phi) is 7.46. The van der Waals surface area contributed by atoms with Crippen LogP contribution in [0.3, 0.4) is 0 Å². The minimum absolute atomic E-state index is 0.270. The molecule has 3 aromatic carbocycles. The molecule has 0 aliphatic rings. The van der Waals surface area contributed by atoms with Gasteiger partial charge in [-0.05, 0) is 54.7 Å². The van der Waals surface area contributed by atoms with Crippen molar-refractivity contribution in [1.29, 1.82) is 0 Å². The molecule has 0 spiro atoms. The maximum atomic E-state index is 12.3. The van der Waals surface area contributed by atoms with Crippen molar-refractivity contribution in [2.75, 3.05) is 7.11 Å². The Labute approximate surface area is 204 Å². The third-order valence-electron chi connectivity index (χ3n) is 6.32. The number of hydrogen-bond donors (Lipinski definition) is 1. The second kappa shape index (κ2) is 10.5. The summed E-state index contributed by atoms with van der Waals surface area (Å²) in [6, 6.07) is 28.8. The number of aliphatic hydroxyl groups is 1. The lowest BCUT2D eigenvalue weighted by atomic mass is 9.72. The molecule has 1 heterocycles. The van der Waals surface area contributed by atoms with E-state index in [1.165, 1.54) is 5.56 Å². The third-order valence-corrected chi connectivity index (χ3v) is 6.81. The molecular formula is C29H30BrNO2. The highest BCUT2D eigenvalue weighted by Gasteiger charge is 2.39. The van der Waals surface area contributed by atoms with Crippen LogP contribution in [-0.2, 0) is 6.42 Å². The normalized spacial score (nSPS) is 14.1. The van der Waals surface area contributed by atoms with Gasteiger partial charge in [0.1, 0.15) is 0 Å². The molecule has 0 saturated heterocycles. The molecule has 1 aromatic heterocycles. The molecule has 0 bridgehead atoms. The van der Waals surface area contributed by atoms with Gasteiger partial charge in [-0.3, -0.25) is 0 Å². The molecule has 0 aliphatic heterocycles. The number of nitrogens with zero attached hydrogens (tertiary/aromatic N) is 1. The van der Waals surface area contributed by atoms with Crippen molar-refractivity contribution in [1.82, 2.24) is 4.98 Å². The first kappa shape index (κ1) is 23.5. The van der Waals surface area contributed by atoms with Gasteiger partial charge in [0, 0.05) is 21.3 Å². The molecule has 0 fully saturated rings. The molecule has 33 heavy (non-hydrogen) atoms. The van der Waals surface area contributed by atoms with E-state index in [1.807, 2.05) is 36.4 Å². The van der Waals surface area contributed by atoms with Gasteiger partial charge < -0.3 is 9.84 Å². The zero-order valence-electron chi connectivity index (χ0n) is 19.2. The van der Waals surface area contributed by atoms with Crippen LogP contribution in [0.4, 0.5) is 0 Å². The molecule has 2 atom stereocenters. The summed E-state index contributed by atoms with van der Waals surface area (Å²) in [6.07, 6.45) is 3.00. The maximum Gasteiger partial charge on any atom is 0.217 e. The van der Waals surface area contributed by atoms with Crippen LogP contribution in [0.5, 0.6) is 5.88 Å². The first-order valence-electron chi connectivity index (χ1n) is 11.5. The highest BCUT2D eigenvalue weighted by molar-refractivity contribution is 9.10. The minimum Gasteiger partial charge on any atom is -0.481 e. The lowest BCUT2D eigenvalue weighted by Gasteiger charge is -2.38. The smallest absolute Gasteiger partial charge is 0.217 e. The van der Waals surface area contributed by atoms with E-state index in [-0.39, 0.29) is 5.92 Å². The second-order valence-corrected chi connectivity index (χ2v) is 9.52. The zero-order valence-corrected chi connectivity index (χ0v) is 20.8. The molecule has 0 amide bonds. The predicted octanol–water partition coefficient (Wildman–Crippen LogP) is 7.30. The Balaban J connectivity index is 1.87. The molecule has 0 saturated carbocycles. The molecule has 4 rings (SSSR count). The number of aromatic nitrogens is 1. The topological polar surface area (TPSA) is 42.4 Å². The standard InChI is InChI=1S/C29H30BrNO2/c1-3-17-29(32,18-16-21-10-6-4-7-11-21)27(22-12-8-5-9-13-22)25-20-23-19-24(30)14-15-26(23)31-28(25)33-2/h4-15,19-20,27,32H,3,16-18H2,1-2H3. The Morgan fingerprint density at radius 2 is 1.64 bits per heavy atom. The molecule has 0 aliphatic carbocycles. The Hall–Kier alpha value is -2.69. The molecule has 3 nitrogen and oxygen atoms in total. The van der Waals surface area contributed by atoms with E-state index < -0.39 is 5.60 Å². The summed E-state index contributed by atoms with van der Waals surface area (Å²) in [4.78, 5) is 4.82. The van der Waals surface area contributed by atoms with Crippen molar-refractivity contribution in [2.24, 2.45) is 0 Å². The molecule has 2 unspecified atom stereocenters. The van der Waals surface area contributed by atoms with Crippen LogP contribution in [0, 0.1) is 0 Å². The number of methoxy groups -OCH3 is 1. The molecule has 4 aromatic rings. The van der Waals surface area contributed by atoms with Crippen molar-refractivity contribution in [3.05, 3.63) is 106 Å². The van der Waals surface area contributed by atoms with Crippen molar-refractivity contribution in [2.45, 2.75) is 44.1 Å². The third kappa shape index (κ3) is 5.29. The van der Waals surface area contributed by atoms with Gasteiger partial charge in [0.2, 0.25) is 5.88 Å². The molecular weight excluding hydrogens is 474 g/mol. The fraction of sp³-hybridized carbons (Fsp3) is 0.276. The number of benzene rings is 3. The molecule has 0 radical (unpaired) electrons. The van der Waals surface area contributed by atoms with Crippen LogP contribution in [-0.4, -0.2) is 22.8 Å². The van der Waals surface area contributed by atoms with Crippen molar-refractivity contribution < 1.29 is 9.84 Å². The van der Waals surface area contributed by atoms with Crippen molar-refractivity contribution >= 4 is 26.8 Å². The summed E-state index contributed by atoms with van der Waals surface area (Å²) in [5.74, 6) is 0.293. The van der Waals surface area contributed by atoms with Gasteiger partial charge in [-0.2, -0.15) is 0 Å². The number of ether oxygens (including phenoxy) is 1. The number of pyridine rings is 1. The maximum absolute atomic E-state index is 12.3. The summed E-state index contributed by atoms with van der Waals surface area (Å²) >= 11 is 3.58.